The second-order valence-corrected chi connectivity index (χ2v) is 7.17. The predicted molar refractivity (Wildman–Crippen MR) is 106 cm³/mol. The first kappa shape index (κ1) is 29.2. The minimum atomic E-state index is -6.23. The van der Waals surface area contributed by atoms with Crippen molar-refractivity contribution in [3.05, 3.63) is 67.9 Å². The average Bonchev–Trinajstić information content (AvgIpc) is 2.67. The zero-order valence-corrected chi connectivity index (χ0v) is 18.2. The van der Waals surface area contributed by atoms with Crippen molar-refractivity contribution < 1.29 is 54.3 Å². The van der Waals surface area contributed by atoms with E-state index in [-0.39, 0.29) is 17.7 Å². The van der Waals surface area contributed by atoms with E-state index in [2.05, 4.69) is 28.1 Å². The number of aliphatic hydroxyl groups is 1. The molecule has 0 unspecified atom stereocenters. The Morgan fingerprint density at radius 2 is 1.56 bits per heavy atom. The number of amides is 1. The second-order valence-electron chi connectivity index (χ2n) is 6.01. The van der Waals surface area contributed by atoms with E-state index in [1.165, 1.54) is 0 Å². The number of nitro benzene ring substituents is 1. The van der Waals surface area contributed by atoms with Crippen LogP contribution >= 0.6 is 28.1 Å². The van der Waals surface area contributed by atoms with Gasteiger partial charge in [-0.25, -0.2) is 4.39 Å². The molecule has 0 aromatic heterocycles. The molecular weight excluding hydrogens is 579 g/mol. The van der Waals surface area contributed by atoms with E-state index in [9.17, 15) is 59.5 Å². The summed E-state index contributed by atoms with van der Waals surface area (Å²) in [5, 5.41) is 20.0. The van der Waals surface area contributed by atoms with Gasteiger partial charge in [-0.1, -0.05) is 6.07 Å². The van der Waals surface area contributed by atoms with Crippen molar-refractivity contribution in [3.8, 4) is 0 Å². The van der Waals surface area contributed by atoms with Gasteiger partial charge in [0.15, 0.2) is 0 Å². The summed E-state index contributed by atoms with van der Waals surface area (Å²) in [5.74, 6) is -2.86. The third kappa shape index (κ3) is 6.63. The zero-order valence-electron chi connectivity index (χ0n) is 15.8. The van der Waals surface area contributed by atoms with Gasteiger partial charge in [0.05, 0.1) is 10.6 Å². The molecule has 0 aliphatic heterocycles. The van der Waals surface area contributed by atoms with Gasteiger partial charge in [-0.05, 0) is 46.3 Å². The summed E-state index contributed by atoms with van der Waals surface area (Å²) < 4.78 is 111. The molecule has 2 rings (SSSR count). The molecule has 17 heteroatoms. The van der Waals surface area contributed by atoms with Gasteiger partial charge in [-0.15, -0.1) is 0 Å². The van der Waals surface area contributed by atoms with Crippen LogP contribution in [0.15, 0.2) is 40.9 Å². The van der Waals surface area contributed by atoms with Crippen molar-refractivity contribution in [2.45, 2.75) is 18.0 Å². The highest BCUT2D eigenvalue weighted by atomic mass is 79.9. The van der Waals surface area contributed by atoms with Crippen LogP contribution in [-0.4, -0.2) is 33.7 Å². The fourth-order valence-corrected chi connectivity index (χ4v) is 2.87. The van der Waals surface area contributed by atoms with Crippen molar-refractivity contribution in [3.63, 3.8) is 0 Å². The number of benzene rings is 2. The molecule has 0 aliphatic rings. The summed E-state index contributed by atoms with van der Waals surface area (Å²) in [6.07, 6.45) is -12.5. The number of nitrogens with zero attached hydrogens (tertiary/aromatic N) is 1. The number of nitro groups is 1. The molecule has 0 saturated carbocycles. The molecule has 0 bridgehead atoms. The largest absolute Gasteiger partial charge is 0.430 e. The molecule has 186 valence electrons. The van der Waals surface area contributed by atoms with Gasteiger partial charge >= 0.3 is 17.7 Å². The first-order chi connectivity index (χ1) is 15.3. The lowest BCUT2D eigenvalue weighted by Crippen LogP contribution is -2.54. The molecule has 0 aliphatic carbocycles. The van der Waals surface area contributed by atoms with Crippen molar-refractivity contribution >= 4 is 50.8 Å². The predicted octanol–water partition coefficient (Wildman–Crippen LogP) is 6.27. The zero-order chi connectivity index (χ0) is 26.6. The first-order valence-corrected chi connectivity index (χ1v) is 9.29. The van der Waals surface area contributed by atoms with E-state index in [1.807, 2.05) is 5.32 Å². The molecule has 0 radical (unpaired) electrons. The van der Waals surface area contributed by atoms with E-state index in [4.69, 9.17) is 0 Å². The molecule has 2 aromatic rings. The molecule has 2 N–H and O–H groups in total. The van der Waals surface area contributed by atoms with Crippen LogP contribution in [0, 0.1) is 15.9 Å². The summed E-state index contributed by atoms with van der Waals surface area (Å²) >= 11 is 5.76. The third-order valence-corrected chi connectivity index (χ3v) is 4.46. The number of carbonyl (C=O) groups is 1. The molecule has 0 atom stereocenters. The molecule has 6 nitrogen and oxygen atoms in total. The molecule has 0 fully saturated rings. The summed E-state index contributed by atoms with van der Waals surface area (Å²) in [5.41, 5.74) is -8.91. The lowest BCUT2D eigenvalue weighted by atomic mass is 9.92. The van der Waals surface area contributed by atoms with Gasteiger partial charge in [0.2, 0.25) is 0 Å². The summed E-state index contributed by atoms with van der Waals surface area (Å²) in [7, 11) is 0. The highest BCUT2D eigenvalue weighted by Crippen LogP contribution is 2.51. The van der Waals surface area contributed by atoms with Crippen LogP contribution in [0.1, 0.15) is 15.9 Å². The topological polar surface area (TPSA) is 92.5 Å². The Kier molecular flexibility index (Phi) is 9.15. The van der Waals surface area contributed by atoms with Crippen LogP contribution in [0.2, 0.25) is 0 Å². The first-order valence-electron chi connectivity index (χ1n) is 8.09. The fraction of sp³-hybridized carbons (Fsp3) is 0.176. The van der Waals surface area contributed by atoms with Gasteiger partial charge in [0.1, 0.15) is 5.82 Å². The van der Waals surface area contributed by atoms with Gasteiger partial charge in [0.25, 0.3) is 17.2 Å². The molecule has 0 saturated heterocycles. The Bertz CT molecular complexity index is 1070. The maximum absolute atomic E-state index is 14.3. The van der Waals surface area contributed by atoms with Crippen LogP contribution in [0.25, 0.3) is 0 Å². The molecule has 2 aromatic carbocycles. The molecule has 1 amide bonds. The van der Waals surface area contributed by atoms with E-state index in [0.29, 0.717) is 0 Å². The summed E-state index contributed by atoms with van der Waals surface area (Å²) in [6.45, 7) is 0. The fourth-order valence-electron chi connectivity index (χ4n) is 2.34. The van der Waals surface area contributed by atoms with Crippen molar-refractivity contribution in [1.29, 1.82) is 0 Å². The Hall–Kier alpha value is -2.79. The maximum Gasteiger partial charge on any atom is 0.430 e. The molecular formula is C17H8BrF9N2O4S. The van der Waals surface area contributed by atoms with Gasteiger partial charge < -0.3 is 10.4 Å². The van der Waals surface area contributed by atoms with Gasteiger partial charge in [-0.3, -0.25) is 14.9 Å². The smallest absolute Gasteiger partial charge is 0.369 e. The third-order valence-electron chi connectivity index (χ3n) is 3.84. The van der Waals surface area contributed by atoms with Crippen LogP contribution < -0.4 is 5.32 Å². The van der Waals surface area contributed by atoms with E-state index in [0.717, 1.165) is 24.3 Å². The Morgan fingerprint density at radius 1 is 1.06 bits per heavy atom. The van der Waals surface area contributed by atoms with Gasteiger partial charge in [0, 0.05) is 27.7 Å². The number of halogens is 10. The van der Waals surface area contributed by atoms with Crippen molar-refractivity contribution in [2.24, 2.45) is 0 Å². The van der Waals surface area contributed by atoms with E-state index >= 15 is 0 Å². The monoisotopic (exact) mass is 586 g/mol. The highest BCUT2D eigenvalue weighted by Gasteiger charge is 2.71. The summed E-state index contributed by atoms with van der Waals surface area (Å²) in [6, 6.07) is 4.03. The van der Waals surface area contributed by atoms with Crippen LogP contribution in [0.5, 0.6) is 0 Å². The maximum atomic E-state index is 14.3. The number of carbonyl (C=O) groups excluding carboxylic acids is 1. The summed E-state index contributed by atoms with van der Waals surface area (Å²) in [4.78, 5) is 22.1. The lowest BCUT2D eigenvalue weighted by Gasteiger charge is -2.33. The lowest BCUT2D eigenvalue weighted by molar-refractivity contribution is -0.384. The Balaban J connectivity index is 0.00000133. The van der Waals surface area contributed by atoms with Crippen LogP contribution in [0.3, 0.4) is 0 Å². The van der Waals surface area contributed by atoms with Crippen LogP contribution in [0.4, 0.5) is 50.9 Å². The van der Waals surface area contributed by atoms with Crippen LogP contribution in [-0.2, 0) is 5.60 Å². The van der Waals surface area contributed by atoms with Crippen molar-refractivity contribution in [2.75, 3.05) is 5.32 Å². The number of rotatable bonds is 4. The Morgan fingerprint density at radius 3 is 1.97 bits per heavy atom. The highest BCUT2D eigenvalue weighted by molar-refractivity contribution is 9.10. The number of anilines is 1. The SMILES string of the molecule is FC(F)=S.O=C(Nc1c(F)cc(C(O)(C(F)(F)F)C(F)(F)F)cc1Br)c1cccc([N+](=O)[O-])c1. The minimum Gasteiger partial charge on any atom is -0.369 e. The number of thiocarbonyl (C=S) groups is 1. The number of non-ortho nitro benzene ring substituents is 1. The molecule has 34 heavy (non-hydrogen) atoms. The van der Waals surface area contributed by atoms with E-state index < -0.39 is 61.4 Å². The Labute approximate surface area is 196 Å². The average molecular weight is 587 g/mol. The molecule has 0 spiro atoms. The number of hydrogen-bond acceptors (Lipinski definition) is 5. The van der Waals surface area contributed by atoms with Gasteiger partial charge in [-0.2, -0.15) is 35.1 Å². The minimum absolute atomic E-state index is 0.146. The van der Waals surface area contributed by atoms with E-state index in [1.54, 1.807) is 0 Å². The number of alkyl halides is 6. The second kappa shape index (κ2) is 10.6. The molecule has 0 heterocycles. The van der Waals surface area contributed by atoms with Crippen molar-refractivity contribution in [1.82, 2.24) is 0 Å². The standard InChI is InChI=1S/C16H8BrF7N2O4.CF2S/c17-10-5-8(14(28,15(19,20)21)16(22,23)24)6-11(18)12(10)25-13(27)7-2-1-3-9(4-7)26(29)30;2-1(3)4/h1-6,28H,(H,25,27);. The normalized spacial score (nSPS) is 11.9. The number of hydrogen-bond donors (Lipinski definition) is 2. The number of nitrogens with one attached hydrogen (secondary N) is 1. The quantitative estimate of drug-likeness (QED) is 0.145.